The summed E-state index contributed by atoms with van der Waals surface area (Å²) in [5, 5.41) is 0. The summed E-state index contributed by atoms with van der Waals surface area (Å²) in [4.78, 5) is 21.4. The summed E-state index contributed by atoms with van der Waals surface area (Å²) in [6.07, 6.45) is 2.19. The van der Waals surface area contributed by atoms with Gasteiger partial charge in [0.05, 0.1) is 7.11 Å². The molecule has 3 heteroatoms. The molecule has 0 amide bonds. The van der Waals surface area contributed by atoms with Gasteiger partial charge < -0.3 is 4.74 Å². The van der Waals surface area contributed by atoms with E-state index in [0.29, 0.717) is 5.56 Å². The van der Waals surface area contributed by atoms with Crippen LogP contribution in [0, 0.1) is 0 Å². The second kappa shape index (κ2) is 5.10. The Hall–Kier alpha value is -1.90. The van der Waals surface area contributed by atoms with Crippen LogP contribution in [0.3, 0.4) is 0 Å². The number of esters is 1. The summed E-state index contributed by atoms with van der Waals surface area (Å²) in [6, 6.07) is 6.99. The van der Waals surface area contributed by atoms with Gasteiger partial charge in [-0.3, -0.25) is 4.79 Å². The molecule has 3 nitrogen and oxygen atoms in total. The van der Waals surface area contributed by atoms with E-state index in [9.17, 15) is 9.59 Å². The highest BCUT2D eigenvalue weighted by molar-refractivity contribution is 5.91. The Balaban J connectivity index is 2.91. The maximum Gasteiger partial charge on any atom is 0.330 e. The minimum atomic E-state index is -0.382. The standard InChI is InChI=1S/C12H12O3/c1-9(7-12(14)15-2)11-5-3-10(8-13)4-6-11/h3-8H,1-2H3/b9-7+. The van der Waals surface area contributed by atoms with Gasteiger partial charge >= 0.3 is 5.97 Å². The number of methoxy groups -OCH3 is 1. The number of hydrogen-bond acceptors (Lipinski definition) is 3. The molecule has 1 rings (SSSR count). The topological polar surface area (TPSA) is 43.4 Å². The number of aldehydes is 1. The van der Waals surface area contributed by atoms with Crippen LogP contribution in [0.5, 0.6) is 0 Å². The Morgan fingerprint density at radius 2 is 1.87 bits per heavy atom. The number of carbonyl (C=O) groups is 2. The summed E-state index contributed by atoms with van der Waals surface area (Å²) >= 11 is 0. The molecule has 0 N–H and O–H groups in total. The van der Waals surface area contributed by atoms with Crippen LogP contribution in [-0.2, 0) is 9.53 Å². The van der Waals surface area contributed by atoms with Crippen LogP contribution in [0.2, 0.25) is 0 Å². The molecular formula is C12H12O3. The average Bonchev–Trinajstić information content (AvgIpc) is 2.29. The Bertz CT molecular complexity index is 388. The van der Waals surface area contributed by atoms with Crippen molar-refractivity contribution in [3.05, 3.63) is 41.5 Å². The van der Waals surface area contributed by atoms with Gasteiger partial charge in [-0.1, -0.05) is 24.3 Å². The van der Waals surface area contributed by atoms with Crippen LogP contribution in [0.25, 0.3) is 5.57 Å². The maximum absolute atomic E-state index is 11.0. The third kappa shape index (κ3) is 3.06. The van der Waals surface area contributed by atoms with Gasteiger partial charge in [0.25, 0.3) is 0 Å². The van der Waals surface area contributed by atoms with E-state index < -0.39 is 0 Å². The minimum absolute atomic E-state index is 0.382. The Morgan fingerprint density at radius 3 is 2.33 bits per heavy atom. The van der Waals surface area contributed by atoms with Crippen LogP contribution in [0.15, 0.2) is 30.3 Å². The summed E-state index contributed by atoms with van der Waals surface area (Å²) in [6.45, 7) is 1.81. The number of allylic oxidation sites excluding steroid dienone is 1. The monoisotopic (exact) mass is 204 g/mol. The fourth-order valence-corrected chi connectivity index (χ4v) is 1.14. The molecule has 0 saturated carbocycles. The lowest BCUT2D eigenvalue weighted by Gasteiger charge is -2.01. The molecule has 0 aliphatic heterocycles. The molecule has 0 aliphatic carbocycles. The highest BCUT2D eigenvalue weighted by Crippen LogP contribution is 2.13. The maximum atomic E-state index is 11.0. The first-order valence-corrected chi connectivity index (χ1v) is 4.49. The van der Waals surface area contributed by atoms with E-state index in [1.165, 1.54) is 13.2 Å². The first-order chi connectivity index (χ1) is 7.17. The Labute approximate surface area is 88.4 Å². The Morgan fingerprint density at radius 1 is 1.27 bits per heavy atom. The molecule has 1 aromatic carbocycles. The third-order valence-electron chi connectivity index (χ3n) is 2.04. The van der Waals surface area contributed by atoms with E-state index in [2.05, 4.69) is 4.74 Å². The van der Waals surface area contributed by atoms with Crippen LogP contribution < -0.4 is 0 Å². The molecule has 0 unspecified atom stereocenters. The first kappa shape index (κ1) is 11.2. The van der Waals surface area contributed by atoms with Gasteiger partial charge in [0, 0.05) is 11.6 Å². The lowest BCUT2D eigenvalue weighted by Crippen LogP contribution is -1.95. The van der Waals surface area contributed by atoms with Crippen LogP contribution in [-0.4, -0.2) is 19.4 Å². The number of hydrogen-bond donors (Lipinski definition) is 0. The van der Waals surface area contributed by atoms with E-state index in [4.69, 9.17) is 0 Å². The van der Waals surface area contributed by atoms with E-state index in [1.54, 1.807) is 24.3 Å². The molecule has 0 atom stereocenters. The molecule has 0 aromatic heterocycles. The largest absolute Gasteiger partial charge is 0.466 e. The van der Waals surface area contributed by atoms with Crippen molar-refractivity contribution < 1.29 is 14.3 Å². The van der Waals surface area contributed by atoms with Gasteiger partial charge in [0.2, 0.25) is 0 Å². The van der Waals surface area contributed by atoms with Crippen LogP contribution >= 0.6 is 0 Å². The molecule has 0 saturated heterocycles. The molecule has 0 spiro atoms. The van der Waals surface area contributed by atoms with E-state index in [0.717, 1.165) is 17.4 Å². The van der Waals surface area contributed by atoms with Gasteiger partial charge in [0.1, 0.15) is 6.29 Å². The lowest BCUT2D eigenvalue weighted by atomic mass is 10.1. The van der Waals surface area contributed by atoms with Crippen molar-refractivity contribution in [1.82, 2.24) is 0 Å². The highest BCUT2D eigenvalue weighted by Gasteiger charge is 1.99. The van der Waals surface area contributed by atoms with Gasteiger partial charge in [-0.15, -0.1) is 0 Å². The predicted molar refractivity (Wildman–Crippen MR) is 57.5 cm³/mol. The van der Waals surface area contributed by atoms with Crippen molar-refractivity contribution in [2.75, 3.05) is 7.11 Å². The van der Waals surface area contributed by atoms with Crippen molar-refractivity contribution >= 4 is 17.8 Å². The third-order valence-corrected chi connectivity index (χ3v) is 2.04. The zero-order chi connectivity index (χ0) is 11.3. The quantitative estimate of drug-likeness (QED) is 0.430. The van der Waals surface area contributed by atoms with Crippen molar-refractivity contribution in [3.8, 4) is 0 Å². The SMILES string of the molecule is COC(=O)/C=C(\C)c1ccc(C=O)cc1. The minimum Gasteiger partial charge on any atom is -0.466 e. The van der Waals surface area contributed by atoms with Gasteiger partial charge in [0.15, 0.2) is 0 Å². The van der Waals surface area contributed by atoms with Crippen LogP contribution in [0.4, 0.5) is 0 Å². The predicted octanol–water partition coefficient (Wildman–Crippen LogP) is 2.08. The van der Waals surface area contributed by atoms with Crippen molar-refractivity contribution in [1.29, 1.82) is 0 Å². The number of rotatable bonds is 3. The summed E-state index contributed by atoms with van der Waals surface area (Å²) in [5.74, 6) is -0.382. The van der Waals surface area contributed by atoms with E-state index in [1.807, 2.05) is 6.92 Å². The van der Waals surface area contributed by atoms with Gasteiger partial charge in [-0.25, -0.2) is 4.79 Å². The molecule has 1 aromatic rings. The summed E-state index contributed by atoms with van der Waals surface area (Å²) < 4.78 is 4.52. The fraction of sp³-hybridized carbons (Fsp3) is 0.167. The fourth-order valence-electron chi connectivity index (χ4n) is 1.14. The summed E-state index contributed by atoms with van der Waals surface area (Å²) in [7, 11) is 1.33. The normalized spacial score (nSPS) is 10.9. The van der Waals surface area contributed by atoms with E-state index >= 15 is 0 Å². The first-order valence-electron chi connectivity index (χ1n) is 4.49. The molecule has 0 aliphatic rings. The molecule has 0 radical (unpaired) electrons. The zero-order valence-electron chi connectivity index (χ0n) is 8.69. The summed E-state index contributed by atoms with van der Waals surface area (Å²) in [5.41, 5.74) is 2.31. The van der Waals surface area contributed by atoms with Crippen LogP contribution in [0.1, 0.15) is 22.8 Å². The molecule has 15 heavy (non-hydrogen) atoms. The van der Waals surface area contributed by atoms with Crippen molar-refractivity contribution in [2.24, 2.45) is 0 Å². The second-order valence-electron chi connectivity index (χ2n) is 3.09. The number of benzene rings is 1. The Kier molecular flexibility index (Phi) is 3.80. The molecular weight excluding hydrogens is 192 g/mol. The smallest absolute Gasteiger partial charge is 0.330 e. The van der Waals surface area contributed by atoms with E-state index in [-0.39, 0.29) is 5.97 Å². The van der Waals surface area contributed by atoms with Crippen molar-refractivity contribution in [2.45, 2.75) is 6.92 Å². The highest BCUT2D eigenvalue weighted by atomic mass is 16.5. The van der Waals surface area contributed by atoms with Gasteiger partial charge in [-0.05, 0) is 18.1 Å². The average molecular weight is 204 g/mol. The molecule has 78 valence electrons. The number of ether oxygens (including phenoxy) is 1. The lowest BCUT2D eigenvalue weighted by molar-refractivity contribution is -0.134. The van der Waals surface area contributed by atoms with Gasteiger partial charge in [-0.2, -0.15) is 0 Å². The van der Waals surface area contributed by atoms with Crippen molar-refractivity contribution in [3.63, 3.8) is 0 Å². The number of carbonyl (C=O) groups excluding carboxylic acids is 2. The molecule has 0 fully saturated rings. The second-order valence-corrected chi connectivity index (χ2v) is 3.09. The zero-order valence-corrected chi connectivity index (χ0v) is 8.69. The molecule has 0 bridgehead atoms. The molecule has 0 heterocycles.